The van der Waals surface area contributed by atoms with E-state index >= 15 is 0 Å². The number of carbonyl (C=O) groups is 2. The van der Waals surface area contributed by atoms with E-state index in [4.69, 9.17) is 5.73 Å². The number of hydrogen-bond donors (Lipinski definition) is 3. The molecule has 0 bridgehead atoms. The summed E-state index contributed by atoms with van der Waals surface area (Å²) in [7, 11) is 0. The van der Waals surface area contributed by atoms with Crippen molar-refractivity contribution in [3.8, 4) is 0 Å². The van der Waals surface area contributed by atoms with Crippen LogP contribution >= 0.6 is 0 Å². The van der Waals surface area contributed by atoms with E-state index in [1.54, 1.807) is 6.92 Å². The molecular weight excluding hydrogens is 244 g/mol. The van der Waals surface area contributed by atoms with Crippen molar-refractivity contribution in [1.82, 2.24) is 5.32 Å². The van der Waals surface area contributed by atoms with Crippen molar-refractivity contribution in [2.24, 2.45) is 5.73 Å². The number of anilines is 1. The van der Waals surface area contributed by atoms with Gasteiger partial charge in [0.05, 0.1) is 17.8 Å². The first-order valence-electron chi connectivity index (χ1n) is 5.25. The maximum Gasteiger partial charge on any atom is 0.251 e. The normalized spacial score (nSPS) is 10.2. The average Bonchev–Trinajstić information content (AvgIpc) is 2.29. The van der Waals surface area contributed by atoms with Gasteiger partial charge in [-0.2, -0.15) is 0 Å². The first-order valence-corrected chi connectivity index (χ1v) is 5.25. The second kappa shape index (κ2) is 6.06. The van der Waals surface area contributed by atoms with Crippen LogP contribution in [0, 0.1) is 11.6 Å². The Kier molecular flexibility index (Phi) is 4.73. The molecule has 0 aromatic heterocycles. The molecule has 18 heavy (non-hydrogen) atoms. The Balaban J connectivity index is 2.92. The number of nitrogens with two attached hydrogens (primary N) is 1. The molecule has 0 atom stereocenters. The largest absolute Gasteiger partial charge is 0.366 e. The third kappa shape index (κ3) is 3.49. The molecule has 98 valence electrons. The second-order valence-electron chi connectivity index (χ2n) is 3.50. The van der Waals surface area contributed by atoms with E-state index in [9.17, 15) is 18.4 Å². The Morgan fingerprint density at radius 1 is 1.28 bits per heavy atom. The zero-order chi connectivity index (χ0) is 13.7. The third-order valence-corrected chi connectivity index (χ3v) is 2.13. The van der Waals surface area contributed by atoms with Gasteiger partial charge in [0.15, 0.2) is 0 Å². The Bertz CT molecular complexity index is 478. The lowest BCUT2D eigenvalue weighted by molar-refractivity contribution is -0.115. The molecule has 0 unspecified atom stereocenters. The Morgan fingerprint density at radius 2 is 1.94 bits per heavy atom. The van der Waals surface area contributed by atoms with E-state index in [0.29, 0.717) is 12.6 Å². The van der Waals surface area contributed by atoms with Crippen LogP contribution in [-0.2, 0) is 4.79 Å². The molecule has 4 N–H and O–H groups in total. The van der Waals surface area contributed by atoms with Gasteiger partial charge < -0.3 is 16.4 Å². The topological polar surface area (TPSA) is 84.2 Å². The summed E-state index contributed by atoms with van der Waals surface area (Å²) >= 11 is 0. The summed E-state index contributed by atoms with van der Waals surface area (Å²) in [4.78, 5) is 22.2. The highest BCUT2D eigenvalue weighted by Gasteiger charge is 2.15. The van der Waals surface area contributed by atoms with Gasteiger partial charge in [0, 0.05) is 6.07 Å². The standard InChI is InChI=1S/C11H13F2N3O2/c1-2-15-5-10(17)16-9-3-6(11(14)18)7(12)4-8(9)13/h3-4,15H,2,5H2,1H3,(H2,14,18)(H,16,17). The highest BCUT2D eigenvalue weighted by Crippen LogP contribution is 2.19. The van der Waals surface area contributed by atoms with Crippen LogP contribution < -0.4 is 16.4 Å². The monoisotopic (exact) mass is 257 g/mol. The molecular formula is C11H13F2N3O2. The minimum Gasteiger partial charge on any atom is -0.366 e. The molecule has 5 nitrogen and oxygen atoms in total. The maximum atomic E-state index is 13.3. The second-order valence-corrected chi connectivity index (χ2v) is 3.50. The molecule has 0 spiro atoms. The van der Waals surface area contributed by atoms with Gasteiger partial charge in [-0.25, -0.2) is 8.78 Å². The van der Waals surface area contributed by atoms with E-state index < -0.39 is 29.0 Å². The predicted molar refractivity (Wildman–Crippen MR) is 62.0 cm³/mol. The van der Waals surface area contributed by atoms with Crippen molar-refractivity contribution in [3.05, 3.63) is 29.3 Å². The van der Waals surface area contributed by atoms with E-state index in [1.165, 1.54) is 0 Å². The smallest absolute Gasteiger partial charge is 0.251 e. The van der Waals surface area contributed by atoms with Crippen LogP contribution in [0.3, 0.4) is 0 Å². The average molecular weight is 257 g/mol. The van der Waals surface area contributed by atoms with Gasteiger partial charge in [-0.05, 0) is 12.6 Å². The number of carbonyl (C=O) groups excluding carboxylic acids is 2. The van der Waals surface area contributed by atoms with E-state index in [1.807, 2.05) is 0 Å². The van der Waals surface area contributed by atoms with E-state index in [2.05, 4.69) is 10.6 Å². The van der Waals surface area contributed by atoms with Gasteiger partial charge in [0.2, 0.25) is 5.91 Å². The molecule has 7 heteroatoms. The number of hydrogen-bond acceptors (Lipinski definition) is 3. The first kappa shape index (κ1) is 14.0. The first-order chi connectivity index (χ1) is 8.45. The van der Waals surface area contributed by atoms with Crippen LogP contribution in [0.2, 0.25) is 0 Å². The van der Waals surface area contributed by atoms with Crippen molar-refractivity contribution in [1.29, 1.82) is 0 Å². The lowest BCUT2D eigenvalue weighted by atomic mass is 10.1. The van der Waals surface area contributed by atoms with Crippen molar-refractivity contribution >= 4 is 17.5 Å². The van der Waals surface area contributed by atoms with Gasteiger partial charge in [-0.1, -0.05) is 6.92 Å². The molecule has 0 aliphatic rings. The SMILES string of the molecule is CCNCC(=O)Nc1cc(C(N)=O)c(F)cc1F. The zero-order valence-electron chi connectivity index (χ0n) is 9.72. The number of amides is 2. The summed E-state index contributed by atoms with van der Waals surface area (Å²) in [5.41, 5.74) is 4.16. The number of likely N-dealkylation sites (N-methyl/N-ethyl adjacent to an activating group) is 1. The Hall–Kier alpha value is -2.02. The number of benzene rings is 1. The lowest BCUT2D eigenvalue weighted by Gasteiger charge is -2.08. The van der Waals surface area contributed by atoms with Crippen LogP contribution in [0.5, 0.6) is 0 Å². The zero-order valence-corrected chi connectivity index (χ0v) is 9.72. The molecule has 0 radical (unpaired) electrons. The quantitative estimate of drug-likeness (QED) is 0.722. The molecule has 1 aromatic carbocycles. The molecule has 0 fully saturated rings. The van der Waals surface area contributed by atoms with Crippen molar-refractivity contribution in [2.45, 2.75) is 6.92 Å². The van der Waals surface area contributed by atoms with E-state index in [-0.39, 0.29) is 12.2 Å². The van der Waals surface area contributed by atoms with E-state index in [0.717, 1.165) is 6.07 Å². The predicted octanol–water partition coefficient (Wildman–Crippen LogP) is 0.612. The van der Waals surface area contributed by atoms with Crippen molar-refractivity contribution in [3.63, 3.8) is 0 Å². The van der Waals surface area contributed by atoms with Gasteiger partial charge in [0.1, 0.15) is 11.6 Å². The van der Waals surface area contributed by atoms with Crippen molar-refractivity contribution < 1.29 is 18.4 Å². The molecule has 0 aliphatic heterocycles. The molecule has 1 rings (SSSR count). The molecule has 0 saturated heterocycles. The van der Waals surface area contributed by atoms with Gasteiger partial charge >= 0.3 is 0 Å². The maximum absolute atomic E-state index is 13.3. The minimum absolute atomic E-state index is 0.0147. The van der Waals surface area contributed by atoms with Crippen molar-refractivity contribution in [2.75, 3.05) is 18.4 Å². The molecule has 2 amide bonds. The Morgan fingerprint density at radius 3 is 2.50 bits per heavy atom. The van der Waals surface area contributed by atoms with Crippen LogP contribution in [0.1, 0.15) is 17.3 Å². The Labute approximate surface area is 102 Å². The fourth-order valence-electron chi connectivity index (χ4n) is 1.27. The highest BCUT2D eigenvalue weighted by molar-refractivity contribution is 5.97. The summed E-state index contributed by atoms with van der Waals surface area (Å²) in [5, 5.41) is 4.95. The summed E-state index contributed by atoms with van der Waals surface area (Å²) in [6.07, 6.45) is 0. The summed E-state index contributed by atoms with van der Waals surface area (Å²) in [6, 6.07) is 1.37. The van der Waals surface area contributed by atoms with Gasteiger partial charge in [-0.15, -0.1) is 0 Å². The molecule has 0 saturated carbocycles. The fourth-order valence-corrected chi connectivity index (χ4v) is 1.27. The van der Waals surface area contributed by atoms with Crippen LogP contribution in [0.15, 0.2) is 12.1 Å². The van der Waals surface area contributed by atoms with Crippen LogP contribution in [-0.4, -0.2) is 24.9 Å². The number of halogens is 2. The van der Waals surface area contributed by atoms with Gasteiger partial charge in [-0.3, -0.25) is 9.59 Å². The minimum atomic E-state index is -1.07. The lowest BCUT2D eigenvalue weighted by Crippen LogP contribution is -2.28. The van der Waals surface area contributed by atoms with Crippen LogP contribution in [0.25, 0.3) is 0 Å². The number of primary amides is 1. The third-order valence-electron chi connectivity index (χ3n) is 2.13. The highest BCUT2D eigenvalue weighted by atomic mass is 19.1. The van der Waals surface area contributed by atoms with Gasteiger partial charge in [0.25, 0.3) is 5.91 Å². The number of rotatable bonds is 5. The van der Waals surface area contributed by atoms with Crippen LogP contribution in [0.4, 0.5) is 14.5 Å². The molecule has 0 aliphatic carbocycles. The fraction of sp³-hybridized carbons (Fsp3) is 0.273. The summed E-state index contributed by atoms with van der Waals surface area (Å²) in [5.74, 6) is -3.57. The number of nitrogens with one attached hydrogen (secondary N) is 2. The molecule has 1 aromatic rings. The summed E-state index contributed by atoms with van der Waals surface area (Å²) in [6.45, 7) is 2.36. The molecule has 0 heterocycles. The summed E-state index contributed by atoms with van der Waals surface area (Å²) < 4.78 is 26.5.